The van der Waals surface area contributed by atoms with E-state index in [1.165, 1.54) is 28.6 Å². The van der Waals surface area contributed by atoms with Gasteiger partial charge in [-0.3, -0.25) is 4.79 Å². The molecule has 0 aromatic heterocycles. The number of halogens is 1. The molecule has 0 radical (unpaired) electrons. The van der Waals surface area contributed by atoms with Gasteiger partial charge in [0.15, 0.2) is 0 Å². The van der Waals surface area contributed by atoms with Crippen molar-refractivity contribution < 1.29 is 17.6 Å². The largest absolute Gasteiger partial charge is 0.326 e. The summed E-state index contributed by atoms with van der Waals surface area (Å²) in [6.07, 6.45) is 2.95. The van der Waals surface area contributed by atoms with Gasteiger partial charge >= 0.3 is 0 Å². The van der Waals surface area contributed by atoms with Gasteiger partial charge < -0.3 is 5.32 Å². The Morgan fingerprint density at radius 2 is 1.95 bits per heavy atom. The summed E-state index contributed by atoms with van der Waals surface area (Å²) in [5.74, 6) is -0.661. The van der Waals surface area contributed by atoms with Gasteiger partial charge in [-0.15, -0.1) is 0 Å². The van der Waals surface area contributed by atoms with Crippen molar-refractivity contribution in [3.63, 3.8) is 0 Å². The van der Waals surface area contributed by atoms with Gasteiger partial charge in [-0.2, -0.15) is 4.31 Å². The molecule has 0 unspecified atom stereocenters. The molecule has 1 saturated carbocycles. The molecule has 0 spiro atoms. The van der Waals surface area contributed by atoms with Crippen LogP contribution in [0.2, 0.25) is 0 Å². The van der Waals surface area contributed by atoms with Crippen LogP contribution in [0.25, 0.3) is 0 Å². The normalized spacial score (nSPS) is 15.3. The number of carbonyl (C=O) groups is 1. The van der Waals surface area contributed by atoms with Gasteiger partial charge in [0, 0.05) is 24.7 Å². The number of amides is 1. The maximum atomic E-state index is 12.7. The Labute approximate surface area is 117 Å². The Balaban J connectivity index is 1.86. The molecule has 0 saturated heterocycles. The fraction of sp³-hybridized carbons (Fsp3) is 0.462. The van der Waals surface area contributed by atoms with Gasteiger partial charge in [-0.1, -0.05) is 0 Å². The number of rotatable bonds is 6. The third kappa shape index (κ3) is 4.28. The fourth-order valence-corrected chi connectivity index (χ4v) is 3.13. The summed E-state index contributed by atoms with van der Waals surface area (Å²) in [5, 5.41) is 2.61. The van der Waals surface area contributed by atoms with E-state index < -0.39 is 10.0 Å². The molecule has 1 aliphatic carbocycles. The Bertz CT molecular complexity index is 582. The number of nitrogens with zero attached hydrogens (tertiary/aromatic N) is 1. The topological polar surface area (TPSA) is 66.5 Å². The highest BCUT2D eigenvalue weighted by atomic mass is 32.2. The summed E-state index contributed by atoms with van der Waals surface area (Å²) >= 11 is 0. The number of sulfonamides is 1. The van der Waals surface area contributed by atoms with E-state index in [1.54, 1.807) is 0 Å². The first-order chi connectivity index (χ1) is 9.36. The maximum Gasteiger partial charge on any atom is 0.225 e. The van der Waals surface area contributed by atoms with Crippen LogP contribution in [0, 0.1) is 5.82 Å². The lowest BCUT2D eigenvalue weighted by molar-refractivity contribution is -0.116. The van der Waals surface area contributed by atoms with Gasteiger partial charge in [0.25, 0.3) is 0 Å². The van der Waals surface area contributed by atoms with Crippen molar-refractivity contribution >= 4 is 21.6 Å². The van der Waals surface area contributed by atoms with Crippen molar-refractivity contribution in [2.45, 2.75) is 25.3 Å². The van der Waals surface area contributed by atoms with Crippen LogP contribution in [-0.4, -0.2) is 37.5 Å². The number of hydrogen-bond donors (Lipinski definition) is 1. The summed E-state index contributed by atoms with van der Waals surface area (Å²) in [6.45, 7) is 0.177. The molecule has 5 nitrogen and oxygen atoms in total. The van der Waals surface area contributed by atoms with Crippen molar-refractivity contribution in [3.05, 3.63) is 30.1 Å². The smallest absolute Gasteiger partial charge is 0.225 e. The van der Waals surface area contributed by atoms with E-state index in [0.29, 0.717) is 5.69 Å². The average Bonchev–Trinajstić information content (AvgIpc) is 3.15. The van der Waals surface area contributed by atoms with Crippen LogP contribution in [0.15, 0.2) is 24.3 Å². The molecule has 0 atom stereocenters. The Kier molecular flexibility index (Phi) is 4.39. The molecule has 2 rings (SSSR count). The van der Waals surface area contributed by atoms with E-state index in [1.807, 2.05) is 0 Å². The summed E-state index contributed by atoms with van der Waals surface area (Å²) in [5.41, 5.74) is 0.494. The molecule has 110 valence electrons. The molecular weight excluding hydrogens is 283 g/mol. The lowest BCUT2D eigenvalue weighted by atomic mass is 10.3. The second-order valence-corrected chi connectivity index (χ2v) is 6.85. The maximum absolute atomic E-state index is 12.7. The molecule has 0 aliphatic heterocycles. The third-order valence-corrected chi connectivity index (χ3v) is 4.40. The van der Waals surface area contributed by atoms with Crippen molar-refractivity contribution in [2.24, 2.45) is 0 Å². The fourth-order valence-electron chi connectivity index (χ4n) is 1.95. The van der Waals surface area contributed by atoms with Crippen LogP contribution in [-0.2, 0) is 14.8 Å². The first-order valence-electron chi connectivity index (χ1n) is 6.38. The van der Waals surface area contributed by atoms with Crippen LogP contribution < -0.4 is 5.32 Å². The van der Waals surface area contributed by atoms with Gasteiger partial charge in [0.05, 0.1) is 6.26 Å². The summed E-state index contributed by atoms with van der Waals surface area (Å²) in [4.78, 5) is 11.7. The standard InChI is InChI=1S/C13H17FN2O3S/c1-20(18,19)16(12-6-7-12)9-8-13(17)15-11-4-2-10(14)3-5-11/h2-5,12H,6-9H2,1H3,(H,15,17). The predicted molar refractivity (Wildman–Crippen MR) is 74.2 cm³/mol. The Morgan fingerprint density at radius 1 is 1.35 bits per heavy atom. The van der Waals surface area contributed by atoms with Crippen molar-refractivity contribution in [3.8, 4) is 0 Å². The van der Waals surface area contributed by atoms with Gasteiger partial charge in [-0.25, -0.2) is 12.8 Å². The van der Waals surface area contributed by atoms with Gasteiger partial charge in [0.1, 0.15) is 5.82 Å². The lowest BCUT2D eigenvalue weighted by Gasteiger charge is -2.18. The highest BCUT2D eigenvalue weighted by molar-refractivity contribution is 7.88. The van der Waals surface area contributed by atoms with E-state index in [0.717, 1.165) is 19.1 Å². The van der Waals surface area contributed by atoms with Gasteiger partial charge in [0.2, 0.25) is 15.9 Å². The summed E-state index contributed by atoms with van der Waals surface area (Å²) in [7, 11) is -3.27. The minimum atomic E-state index is -3.27. The zero-order valence-electron chi connectivity index (χ0n) is 11.2. The number of nitrogens with one attached hydrogen (secondary N) is 1. The van der Waals surface area contributed by atoms with Crippen LogP contribution in [0.1, 0.15) is 19.3 Å². The summed E-state index contributed by atoms with van der Waals surface area (Å²) in [6, 6.07) is 5.47. The minimum absolute atomic E-state index is 0.0450. The molecule has 1 aromatic carbocycles. The zero-order valence-corrected chi connectivity index (χ0v) is 12.0. The number of benzene rings is 1. The number of carbonyl (C=O) groups excluding carboxylic acids is 1. The number of anilines is 1. The van der Waals surface area contributed by atoms with Crippen molar-refractivity contribution in [1.29, 1.82) is 0 Å². The summed E-state index contributed by atoms with van der Waals surface area (Å²) < 4.78 is 37.2. The molecule has 1 amide bonds. The molecule has 1 N–H and O–H groups in total. The second-order valence-electron chi connectivity index (χ2n) is 4.91. The van der Waals surface area contributed by atoms with E-state index >= 15 is 0 Å². The Morgan fingerprint density at radius 3 is 2.45 bits per heavy atom. The van der Waals surface area contributed by atoms with Crippen LogP contribution >= 0.6 is 0 Å². The lowest BCUT2D eigenvalue weighted by Crippen LogP contribution is -2.34. The molecule has 0 heterocycles. The first-order valence-corrected chi connectivity index (χ1v) is 8.23. The van der Waals surface area contributed by atoms with Gasteiger partial charge in [-0.05, 0) is 37.1 Å². The SMILES string of the molecule is CS(=O)(=O)N(CCC(=O)Nc1ccc(F)cc1)C1CC1. The van der Waals surface area contributed by atoms with Crippen molar-refractivity contribution in [1.82, 2.24) is 4.31 Å². The monoisotopic (exact) mass is 300 g/mol. The molecule has 1 fully saturated rings. The van der Waals surface area contributed by atoms with E-state index in [9.17, 15) is 17.6 Å². The molecule has 7 heteroatoms. The minimum Gasteiger partial charge on any atom is -0.326 e. The van der Waals surface area contributed by atoms with Crippen LogP contribution in [0.4, 0.5) is 10.1 Å². The van der Waals surface area contributed by atoms with Crippen LogP contribution in [0.5, 0.6) is 0 Å². The molecule has 0 bridgehead atoms. The highest BCUT2D eigenvalue weighted by Crippen LogP contribution is 2.28. The van der Waals surface area contributed by atoms with Crippen LogP contribution in [0.3, 0.4) is 0 Å². The third-order valence-electron chi connectivity index (χ3n) is 3.07. The predicted octanol–water partition coefficient (Wildman–Crippen LogP) is 1.58. The first kappa shape index (κ1) is 14.9. The van der Waals surface area contributed by atoms with E-state index in [2.05, 4.69) is 5.32 Å². The average molecular weight is 300 g/mol. The van der Waals surface area contributed by atoms with E-state index in [4.69, 9.17) is 0 Å². The molecule has 1 aromatic rings. The molecular formula is C13H17FN2O3S. The molecule has 1 aliphatic rings. The van der Waals surface area contributed by atoms with Crippen molar-refractivity contribution in [2.75, 3.05) is 18.1 Å². The quantitative estimate of drug-likeness (QED) is 0.867. The number of hydrogen-bond acceptors (Lipinski definition) is 3. The zero-order chi connectivity index (χ0) is 14.8. The Hall–Kier alpha value is -1.47. The highest BCUT2D eigenvalue weighted by Gasteiger charge is 2.34. The molecule has 20 heavy (non-hydrogen) atoms. The van der Waals surface area contributed by atoms with E-state index in [-0.39, 0.29) is 30.7 Å². The second kappa shape index (κ2) is 5.88.